The molecule has 70 heavy (non-hydrogen) atoms. The highest BCUT2D eigenvalue weighted by atomic mass is 19.4. The van der Waals surface area contributed by atoms with Gasteiger partial charge in [-0.25, -0.2) is 0 Å². The van der Waals surface area contributed by atoms with Crippen LogP contribution in [-0.4, -0.2) is 102 Å². The van der Waals surface area contributed by atoms with Gasteiger partial charge in [-0.3, -0.25) is 0 Å². The summed E-state index contributed by atoms with van der Waals surface area (Å²) < 4.78 is 36.4. The molecule has 0 spiro atoms. The van der Waals surface area contributed by atoms with Crippen LogP contribution in [0.25, 0.3) is 0 Å². The lowest BCUT2D eigenvalue weighted by molar-refractivity contribution is -0.187. The van der Waals surface area contributed by atoms with E-state index in [9.17, 15) is 13.2 Å². The fraction of sp³-hybridized carbons (Fsp3) is 1.00. The van der Waals surface area contributed by atoms with Gasteiger partial charge >= 0.3 is 6.18 Å². The van der Waals surface area contributed by atoms with Gasteiger partial charge in [-0.2, -0.15) is 13.2 Å². The van der Waals surface area contributed by atoms with Crippen LogP contribution in [0.5, 0.6) is 0 Å². The minimum absolute atomic E-state index is 0.161. The summed E-state index contributed by atoms with van der Waals surface area (Å²) in [6.45, 7) is 50.3. The fourth-order valence-electron chi connectivity index (χ4n) is 10.5. The minimum atomic E-state index is -4.18. The Bertz CT molecular complexity index is 1260. The third kappa shape index (κ3) is 29.6. The molecule has 0 amide bonds. The Hall–Kier alpha value is -0.490. The molecule has 6 rings (SSSR count). The van der Waals surface area contributed by atoms with Gasteiger partial charge in [0.05, 0.1) is 0 Å². The molecule has 4 bridgehead atoms. The first-order chi connectivity index (χ1) is 31.9. The van der Waals surface area contributed by atoms with Crippen molar-refractivity contribution in [1.29, 1.82) is 0 Å². The SMILES string of the molecule is CC(C)N(C)C1CCC1.CC(C)NC(C)(C)C(C)C.CC(C)NC(C)(C)C(F)(F)F.CC(C)NC(C)C(C)(C)C.CC(C)NC1CC2CCC1C2.CC(C)NC1CC2CCC1C2.CC(C)NC1CCC1. The number of hydrogen-bond donors (Lipinski definition) is 6. The molecule has 6 aliphatic rings. The number of hydrogen-bond acceptors (Lipinski definition) is 7. The lowest BCUT2D eigenvalue weighted by Gasteiger charge is -2.37. The molecule has 6 fully saturated rings. The zero-order valence-corrected chi connectivity index (χ0v) is 51.3. The largest absolute Gasteiger partial charge is 0.406 e. The topological polar surface area (TPSA) is 75.4 Å². The molecule has 0 aliphatic heterocycles. The van der Waals surface area contributed by atoms with E-state index in [0.29, 0.717) is 47.6 Å². The monoisotopic (exact) mass is 1000 g/mol. The van der Waals surface area contributed by atoms with Crippen molar-refractivity contribution in [3.05, 3.63) is 0 Å². The second kappa shape index (κ2) is 32.8. The van der Waals surface area contributed by atoms with Gasteiger partial charge in [0.15, 0.2) is 0 Å². The molecule has 0 aromatic heterocycles. The van der Waals surface area contributed by atoms with Gasteiger partial charge in [0.1, 0.15) is 5.54 Å². The van der Waals surface area contributed by atoms with Crippen molar-refractivity contribution in [3.63, 3.8) is 0 Å². The number of nitrogens with one attached hydrogen (secondary N) is 6. The maximum absolute atomic E-state index is 12.1. The maximum atomic E-state index is 12.1. The summed E-state index contributed by atoms with van der Waals surface area (Å²) in [5.41, 5.74) is -1.14. The summed E-state index contributed by atoms with van der Waals surface area (Å²) in [4.78, 5) is 2.48. The van der Waals surface area contributed by atoms with Crippen molar-refractivity contribution in [2.24, 2.45) is 35.0 Å². The average molecular weight is 1000 g/mol. The van der Waals surface area contributed by atoms with E-state index in [1.54, 1.807) is 13.8 Å². The zero-order valence-electron chi connectivity index (χ0n) is 51.3. The Morgan fingerprint density at radius 1 is 0.457 bits per heavy atom. The van der Waals surface area contributed by atoms with Crippen LogP contribution in [0.15, 0.2) is 0 Å². The minimum Gasteiger partial charge on any atom is -0.312 e. The summed E-state index contributed by atoms with van der Waals surface area (Å²) in [6.07, 6.45) is 16.3. The summed E-state index contributed by atoms with van der Waals surface area (Å²) in [7, 11) is 2.23. The first-order valence-corrected chi connectivity index (χ1v) is 29.3. The summed E-state index contributed by atoms with van der Waals surface area (Å²) in [6, 6.07) is 7.88. The van der Waals surface area contributed by atoms with Gasteiger partial charge in [0, 0.05) is 78.0 Å². The van der Waals surface area contributed by atoms with Crippen molar-refractivity contribution in [1.82, 2.24) is 36.8 Å². The summed E-state index contributed by atoms with van der Waals surface area (Å²) >= 11 is 0. The molecule has 0 radical (unpaired) electrons. The molecule has 0 heterocycles. The fourth-order valence-corrected chi connectivity index (χ4v) is 10.5. The zero-order chi connectivity index (χ0) is 54.5. The maximum Gasteiger partial charge on any atom is 0.406 e. The van der Waals surface area contributed by atoms with Crippen LogP contribution in [0.1, 0.15) is 256 Å². The lowest BCUT2D eigenvalue weighted by Crippen LogP contribution is -2.54. The van der Waals surface area contributed by atoms with Crippen molar-refractivity contribution >= 4 is 0 Å². The first-order valence-electron chi connectivity index (χ1n) is 29.3. The van der Waals surface area contributed by atoms with E-state index in [1.807, 2.05) is 0 Å². The van der Waals surface area contributed by atoms with E-state index < -0.39 is 11.7 Å². The number of halogens is 3. The van der Waals surface area contributed by atoms with Crippen LogP contribution < -0.4 is 31.9 Å². The number of alkyl halides is 3. The number of nitrogens with zero attached hydrogens (tertiary/aromatic N) is 1. The Labute approximate surface area is 436 Å². The van der Waals surface area contributed by atoms with E-state index >= 15 is 0 Å². The van der Waals surface area contributed by atoms with Crippen LogP contribution in [0.3, 0.4) is 0 Å². The highest BCUT2D eigenvalue weighted by Gasteiger charge is 2.47. The highest BCUT2D eigenvalue weighted by Crippen LogP contribution is 2.45. The lowest BCUT2D eigenvalue weighted by atomic mass is 9.88. The highest BCUT2D eigenvalue weighted by molar-refractivity contribution is 4.95. The summed E-state index contributed by atoms with van der Waals surface area (Å²) in [5.74, 6) is 4.91. The van der Waals surface area contributed by atoms with Crippen molar-refractivity contribution in [2.75, 3.05) is 7.05 Å². The third-order valence-electron chi connectivity index (χ3n) is 16.1. The molecule has 0 saturated heterocycles. The molecule has 422 valence electrons. The van der Waals surface area contributed by atoms with Crippen LogP contribution >= 0.6 is 0 Å². The molecular weight excluding hydrogens is 876 g/mol. The molecule has 10 heteroatoms. The quantitative estimate of drug-likeness (QED) is 0.0976. The van der Waals surface area contributed by atoms with Crippen LogP contribution in [0.2, 0.25) is 0 Å². The average Bonchev–Trinajstić information content (AvgIpc) is 3.96. The van der Waals surface area contributed by atoms with Gasteiger partial charge in [0.25, 0.3) is 0 Å². The van der Waals surface area contributed by atoms with E-state index in [-0.39, 0.29) is 11.6 Å². The standard InChI is InChI=1S/2C10H19N.2C9H21N.C8H17N.C7H14F3N.C7H15N/c2*1-7(2)11-10-6-8-3-4-9(10)5-8;1-7(2)10-8(3)9(4,5)6;1-7(2)9(5,6)10-8(3)4;1-7(2)9(3)8-5-4-6-8;1-5(2)11-6(3,4)7(8,9)10;1-6(2)8-7-4-3-5-7/h2*7-11H,3-6H2,1-2H3;2*7-8,10H,1-6H3;7-8H,4-6H2,1-3H3;5,11H,1-4H3;6-8H,3-5H2,1-2H3. The van der Waals surface area contributed by atoms with E-state index in [2.05, 4.69) is 182 Å². The van der Waals surface area contributed by atoms with Gasteiger partial charge in [-0.1, -0.05) is 143 Å². The Morgan fingerprint density at radius 3 is 1.00 bits per heavy atom. The first kappa shape index (κ1) is 69.5. The number of rotatable bonds is 15. The molecule has 7 atom stereocenters. The molecule has 6 aliphatic carbocycles. The second-order valence-electron chi connectivity index (χ2n) is 27.5. The van der Waals surface area contributed by atoms with Gasteiger partial charge < -0.3 is 36.8 Å². The molecule has 6 saturated carbocycles. The van der Waals surface area contributed by atoms with Crippen molar-refractivity contribution in [3.8, 4) is 0 Å². The van der Waals surface area contributed by atoms with Crippen LogP contribution in [0.4, 0.5) is 13.2 Å². The van der Waals surface area contributed by atoms with Gasteiger partial charge in [-0.15, -0.1) is 0 Å². The Kier molecular flexibility index (Phi) is 32.6. The van der Waals surface area contributed by atoms with E-state index in [0.717, 1.165) is 67.7 Å². The van der Waals surface area contributed by atoms with Crippen LogP contribution in [-0.2, 0) is 0 Å². The van der Waals surface area contributed by atoms with Gasteiger partial charge in [0.2, 0.25) is 0 Å². The van der Waals surface area contributed by atoms with Crippen LogP contribution in [0, 0.1) is 35.0 Å². The van der Waals surface area contributed by atoms with Crippen molar-refractivity contribution in [2.45, 2.75) is 346 Å². The smallest absolute Gasteiger partial charge is 0.312 e. The van der Waals surface area contributed by atoms with Gasteiger partial charge in [-0.05, 0) is 155 Å². The molecule has 6 N–H and O–H groups in total. The van der Waals surface area contributed by atoms with E-state index in [1.165, 1.54) is 89.9 Å². The molecule has 0 aromatic carbocycles. The predicted octanol–water partition coefficient (Wildman–Crippen LogP) is 14.9. The number of fused-ring (bicyclic) bond motifs is 4. The molecular formula is C60H126F3N7. The van der Waals surface area contributed by atoms with Crippen molar-refractivity contribution < 1.29 is 13.2 Å². The Morgan fingerprint density at radius 2 is 0.857 bits per heavy atom. The third-order valence-corrected chi connectivity index (χ3v) is 16.1. The van der Waals surface area contributed by atoms with E-state index in [4.69, 9.17) is 0 Å². The Balaban J connectivity index is 0.000000795. The molecule has 0 aromatic rings. The predicted molar refractivity (Wildman–Crippen MR) is 304 cm³/mol. The molecule has 7 nitrogen and oxygen atoms in total. The summed E-state index contributed by atoms with van der Waals surface area (Å²) in [5, 5.41) is 20.3. The second-order valence-corrected chi connectivity index (χ2v) is 27.5. The normalized spacial score (nSPS) is 24.8. The molecule has 7 unspecified atom stereocenters.